The molecule has 1 atom stereocenters. The van der Waals surface area contributed by atoms with Crippen molar-refractivity contribution < 1.29 is 23.9 Å². The van der Waals surface area contributed by atoms with Crippen molar-refractivity contribution in [3.63, 3.8) is 0 Å². The van der Waals surface area contributed by atoms with E-state index in [1.807, 2.05) is 0 Å². The van der Waals surface area contributed by atoms with Crippen LogP contribution in [0.1, 0.15) is 58.8 Å². The first kappa shape index (κ1) is 19.5. The Labute approximate surface area is 151 Å². The van der Waals surface area contributed by atoms with E-state index in [0.29, 0.717) is 11.3 Å². The number of carbonyl (C=O) groups is 3. The minimum Gasteiger partial charge on any atom is -0.461 e. The zero-order valence-corrected chi connectivity index (χ0v) is 15.4. The summed E-state index contributed by atoms with van der Waals surface area (Å²) < 4.78 is 10.00. The van der Waals surface area contributed by atoms with Crippen LogP contribution in [0.3, 0.4) is 0 Å². The summed E-state index contributed by atoms with van der Waals surface area (Å²) in [7, 11) is 0. The lowest BCUT2D eigenvalue weighted by Gasteiger charge is -2.22. The molecule has 1 aromatic rings. The van der Waals surface area contributed by atoms with Gasteiger partial charge < -0.3 is 19.8 Å². The van der Waals surface area contributed by atoms with Gasteiger partial charge in [0.1, 0.15) is 11.2 Å². The van der Waals surface area contributed by atoms with Crippen molar-refractivity contribution in [2.24, 2.45) is 5.92 Å². The van der Waals surface area contributed by atoms with Crippen molar-refractivity contribution in [1.82, 2.24) is 10.3 Å². The van der Waals surface area contributed by atoms with Crippen molar-refractivity contribution in [3.8, 4) is 6.07 Å². The fourth-order valence-electron chi connectivity index (χ4n) is 2.87. The van der Waals surface area contributed by atoms with Gasteiger partial charge in [-0.2, -0.15) is 5.26 Å². The number of aromatic amines is 1. The molecule has 1 aliphatic rings. The standard InChI is InChI=1S/C18H23N3O5/c1-5-25-17(24)15-10(2)14(11(3)20-15)16(23)26-8-13(22)21-18(4,9-19)12-6-7-12/h12,20H,5-8H2,1-4H3,(H,21,22)/t18-/m0/s1. The van der Waals surface area contributed by atoms with Crippen LogP contribution >= 0.6 is 0 Å². The largest absolute Gasteiger partial charge is 0.461 e. The number of nitrogens with one attached hydrogen (secondary N) is 2. The van der Waals surface area contributed by atoms with Gasteiger partial charge in [-0.05, 0) is 52.0 Å². The number of nitrogens with zero attached hydrogens (tertiary/aromatic N) is 1. The molecule has 26 heavy (non-hydrogen) atoms. The maximum atomic E-state index is 12.3. The number of ether oxygens (including phenoxy) is 2. The lowest BCUT2D eigenvalue weighted by atomic mass is 9.98. The van der Waals surface area contributed by atoms with E-state index in [9.17, 15) is 19.6 Å². The van der Waals surface area contributed by atoms with Crippen molar-refractivity contribution in [2.75, 3.05) is 13.2 Å². The lowest BCUT2D eigenvalue weighted by molar-refractivity contribution is -0.125. The molecular weight excluding hydrogens is 338 g/mol. The Hall–Kier alpha value is -2.82. The average Bonchev–Trinajstić information content (AvgIpc) is 3.39. The molecule has 1 aromatic heterocycles. The number of rotatable bonds is 7. The van der Waals surface area contributed by atoms with E-state index < -0.39 is 30.0 Å². The number of aryl methyl sites for hydroxylation is 1. The van der Waals surface area contributed by atoms with Crippen LogP contribution in [0.25, 0.3) is 0 Å². The Bertz CT molecular complexity index is 773. The van der Waals surface area contributed by atoms with Crippen LogP contribution in [0.4, 0.5) is 0 Å². The molecule has 0 radical (unpaired) electrons. The molecule has 0 saturated heterocycles. The smallest absolute Gasteiger partial charge is 0.355 e. The monoisotopic (exact) mass is 361 g/mol. The molecule has 0 aromatic carbocycles. The highest BCUT2D eigenvalue weighted by atomic mass is 16.5. The van der Waals surface area contributed by atoms with Crippen LogP contribution in [-0.2, 0) is 14.3 Å². The van der Waals surface area contributed by atoms with Crippen molar-refractivity contribution in [1.29, 1.82) is 5.26 Å². The summed E-state index contributed by atoms with van der Waals surface area (Å²) in [5.41, 5.74) is 0.306. The Morgan fingerprint density at radius 1 is 1.27 bits per heavy atom. The third kappa shape index (κ3) is 4.04. The molecule has 8 heteroatoms. The van der Waals surface area contributed by atoms with E-state index in [1.54, 1.807) is 27.7 Å². The Morgan fingerprint density at radius 3 is 2.46 bits per heavy atom. The summed E-state index contributed by atoms with van der Waals surface area (Å²) in [5, 5.41) is 11.9. The van der Waals surface area contributed by atoms with Crippen molar-refractivity contribution in [3.05, 3.63) is 22.5 Å². The van der Waals surface area contributed by atoms with E-state index in [2.05, 4.69) is 16.4 Å². The van der Waals surface area contributed by atoms with Gasteiger partial charge in [0.2, 0.25) is 0 Å². The fourth-order valence-corrected chi connectivity index (χ4v) is 2.87. The number of carbonyl (C=O) groups excluding carboxylic acids is 3. The van der Waals surface area contributed by atoms with E-state index >= 15 is 0 Å². The molecule has 1 heterocycles. The predicted octanol–water partition coefficient (Wildman–Crippen LogP) is 1.77. The van der Waals surface area contributed by atoms with E-state index in [1.165, 1.54) is 0 Å². The molecule has 0 aliphatic heterocycles. The van der Waals surface area contributed by atoms with E-state index in [-0.39, 0.29) is 23.8 Å². The molecule has 1 amide bonds. The highest BCUT2D eigenvalue weighted by Gasteiger charge is 2.43. The summed E-state index contributed by atoms with van der Waals surface area (Å²) in [6.07, 6.45) is 1.78. The molecule has 1 fully saturated rings. The third-order valence-corrected chi connectivity index (χ3v) is 4.48. The summed E-state index contributed by atoms with van der Waals surface area (Å²) >= 11 is 0. The van der Waals surface area contributed by atoms with Gasteiger partial charge >= 0.3 is 11.9 Å². The first-order chi connectivity index (χ1) is 12.2. The maximum absolute atomic E-state index is 12.3. The molecule has 1 saturated carbocycles. The topological polar surface area (TPSA) is 121 Å². The highest BCUT2D eigenvalue weighted by Crippen LogP contribution is 2.39. The number of nitriles is 1. The molecule has 0 spiro atoms. The first-order valence-electron chi connectivity index (χ1n) is 8.49. The first-order valence-corrected chi connectivity index (χ1v) is 8.49. The predicted molar refractivity (Wildman–Crippen MR) is 91.4 cm³/mol. The van der Waals surface area contributed by atoms with Gasteiger partial charge in [0, 0.05) is 5.69 Å². The quantitative estimate of drug-likeness (QED) is 0.714. The SMILES string of the molecule is CCOC(=O)c1[nH]c(C)c(C(=O)OCC(=O)N[C@@](C)(C#N)C2CC2)c1C. The second-order valence-corrected chi connectivity index (χ2v) is 6.56. The van der Waals surface area contributed by atoms with Crippen LogP contribution in [-0.4, -0.2) is 41.6 Å². The number of hydrogen-bond acceptors (Lipinski definition) is 6. The molecule has 1 aliphatic carbocycles. The molecule has 2 N–H and O–H groups in total. The molecular formula is C18H23N3O5. The summed E-state index contributed by atoms with van der Waals surface area (Å²) in [6.45, 7) is 6.30. The van der Waals surface area contributed by atoms with E-state index in [4.69, 9.17) is 9.47 Å². The van der Waals surface area contributed by atoms with Crippen LogP contribution in [0.5, 0.6) is 0 Å². The van der Waals surface area contributed by atoms with Gasteiger partial charge in [0.25, 0.3) is 5.91 Å². The normalized spacial score (nSPS) is 15.5. The van der Waals surface area contributed by atoms with Gasteiger partial charge in [-0.1, -0.05) is 0 Å². The van der Waals surface area contributed by atoms with Gasteiger partial charge in [0.05, 0.1) is 18.2 Å². The zero-order valence-electron chi connectivity index (χ0n) is 15.4. The van der Waals surface area contributed by atoms with Crippen LogP contribution in [0.2, 0.25) is 0 Å². The Morgan fingerprint density at radius 2 is 1.92 bits per heavy atom. The number of amides is 1. The minimum absolute atomic E-state index is 0.133. The van der Waals surface area contributed by atoms with Crippen LogP contribution in [0, 0.1) is 31.1 Å². The Balaban J connectivity index is 2.01. The number of esters is 2. The highest BCUT2D eigenvalue weighted by molar-refractivity contribution is 5.99. The number of H-pyrrole nitrogens is 1. The lowest BCUT2D eigenvalue weighted by Crippen LogP contribution is -2.48. The summed E-state index contributed by atoms with van der Waals surface area (Å²) in [4.78, 5) is 39.1. The second-order valence-electron chi connectivity index (χ2n) is 6.56. The number of hydrogen-bond donors (Lipinski definition) is 2. The molecule has 140 valence electrons. The third-order valence-electron chi connectivity index (χ3n) is 4.48. The average molecular weight is 361 g/mol. The fraction of sp³-hybridized carbons (Fsp3) is 0.556. The molecule has 8 nitrogen and oxygen atoms in total. The summed E-state index contributed by atoms with van der Waals surface area (Å²) in [6, 6.07) is 2.11. The van der Waals surface area contributed by atoms with Gasteiger partial charge in [-0.25, -0.2) is 9.59 Å². The minimum atomic E-state index is -0.944. The molecule has 0 unspecified atom stereocenters. The van der Waals surface area contributed by atoms with Gasteiger partial charge in [0.15, 0.2) is 6.61 Å². The number of aromatic nitrogens is 1. The van der Waals surface area contributed by atoms with Crippen molar-refractivity contribution >= 4 is 17.8 Å². The molecule has 2 rings (SSSR count). The Kier molecular flexibility index (Phi) is 5.70. The second kappa shape index (κ2) is 7.60. The van der Waals surface area contributed by atoms with E-state index in [0.717, 1.165) is 12.8 Å². The summed E-state index contributed by atoms with van der Waals surface area (Å²) in [5.74, 6) is -1.68. The van der Waals surface area contributed by atoms with Gasteiger partial charge in [-0.15, -0.1) is 0 Å². The molecule has 0 bridgehead atoms. The maximum Gasteiger partial charge on any atom is 0.355 e. The van der Waals surface area contributed by atoms with Crippen molar-refractivity contribution in [2.45, 2.75) is 46.1 Å². The van der Waals surface area contributed by atoms with Crippen LogP contribution in [0.15, 0.2) is 0 Å². The van der Waals surface area contributed by atoms with Crippen LogP contribution < -0.4 is 5.32 Å². The zero-order chi connectivity index (χ0) is 19.5. The van der Waals surface area contributed by atoms with Gasteiger partial charge in [-0.3, -0.25) is 4.79 Å².